The number of carbonyl (C=O) groups is 1. The molecule has 0 fully saturated rings. The fourth-order valence-corrected chi connectivity index (χ4v) is 2.35. The number of carbonyl (C=O) groups excluding carboxylic acids is 1. The van der Waals surface area contributed by atoms with Crippen LogP contribution in [0, 0.1) is 0 Å². The van der Waals surface area contributed by atoms with Gasteiger partial charge < -0.3 is 19.8 Å². The van der Waals surface area contributed by atoms with Crippen molar-refractivity contribution in [1.82, 2.24) is 9.97 Å². The number of nitrogens with one attached hydrogen (secondary N) is 2. The summed E-state index contributed by atoms with van der Waals surface area (Å²) in [6.07, 6.45) is 0. The van der Waals surface area contributed by atoms with E-state index in [1.807, 2.05) is 36.4 Å². The molecule has 0 saturated carbocycles. The zero-order valence-corrected chi connectivity index (χ0v) is 12.9. The van der Waals surface area contributed by atoms with Crippen molar-refractivity contribution in [2.45, 2.75) is 6.54 Å². The molecule has 2 aromatic carbocycles. The number of aromatic nitrogens is 2. The van der Waals surface area contributed by atoms with Crippen molar-refractivity contribution in [3.05, 3.63) is 53.6 Å². The first kappa shape index (κ1) is 14.9. The quantitative estimate of drug-likeness (QED) is 0.708. The van der Waals surface area contributed by atoms with Gasteiger partial charge in [0, 0.05) is 6.54 Å². The Balaban J connectivity index is 1.76. The molecule has 0 saturated heterocycles. The molecule has 118 valence electrons. The Bertz CT molecular complexity index is 809. The highest BCUT2D eigenvalue weighted by atomic mass is 16.5. The molecule has 6 heteroatoms. The summed E-state index contributed by atoms with van der Waals surface area (Å²) in [4.78, 5) is 19.3. The van der Waals surface area contributed by atoms with Gasteiger partial charge in [-0.1, -0.05) is 18.2 Å². The van der Waals surface area contributed by atoms with E-state index in [4.69, 9.17) is 9.47 Å². The molecule has 3 aromatic rings. The van der Waals surface area contributed by atoms with E-state index in [9.17, 15) is 4.79 Å². The molecule has 0 amide bonds. The number of ether oxygens (including phenoxy) is 2. The number of hydrogen-bond acceptors (Lipinski definition) is 5. The molecule has 1 heterocycles. The Morgan fingerprint density at radius 1 is 1.22 bits per heavy atom. The van der Waals surface area contributed by atoms with Crippen LogP contribution in [0.25, 0.3) is 11.0 Å². The molecule has 0 bridgehead atoms. The summed E-state index contributed by atoms with van der Waals surface area (Å²) in [5.41, 5.74) is 3.26. The van der Waals surface area contributed by atoms with Crippen molar-refractivity contribution in [2.24, 2.45) is 0 Å². The Kier molecular flexibility index (Phi) is 4.14. The standard InChI is InChI=1S/C17H17N3O3/c1-22-15-9-11(7-8-12(15)16(21)23-2)10-18-17-19-13-5-3-4-6-14(13)20-17/h3-9H,10H2,1-2H3,(H2,18,19,20). The molecule has 0 aliphatic rings. The van der Waals surface area contributed by atoms with Crippen molar-refractivity contribution in [3.8, 4) is 5.75 Å². The summed E-state index contributed by atoms with van der Waals surface area (Å²) in [5.74, 6) is 0.765. The highest BCUT2D eigenvalue weighted by Crippen LogP contribution is 2.22. The van der Waals surface area contributed by atoms with Crippen LogP contribution >= 0.6 is 0 Å². The topological polar surface area (TPSA) is 76.2 Å². The van der Waals surface area contributed by atoms with E-state index in [2.05, 4.69) is 15.3 Å². The van der Waals surface area contributed by atoms with Gasteiger partial charge in [0.15, 0.2) is 0 Å². The fourth-order valence-electron chi connectivity index (χ4n) is 2.35. The van der Waals surface area contributed by atoms with Crippen LogP contribution in [0.2, 0.25) is 0 Å². The molecular formula is C17H17N3O3. The van der Waals surface area contributed by atoms with Gasteiger partial charge in [-0.15, -0.1) is 0 Å². The average molecular weight is 311 g/mol. The van der Waals surface area contributed by atoms with Gasteiger partial charge >= 0.3 is 5.97 Å². The predicted molar refractivity (Wildman–Crippen MR) is 87.8 cm³/mol. The van der Waals surface area contributed by atoms with Crippen molar-refractivity contribution in [1.29, 1.82) is 0 Å². The summed E-state index contributed by atoms with van der Waals surface area (Å²) in [6, 6.07) is 13.2. The van der Waals surface area contributed by atoms with Gasteiger partial charge in [-0.2, -0.15) is 0 Å². The first-order chi connectivity index (χ1) is 11.2. The SMILES string of the molecule is COC(=O)c1ccc(CNc2nc3ccccc3[nH]2)cc1OC. The molecule has 3 rings (SSSR count). The Morgan fingerprint density at radius 3 is 2.78 bits per heavy atom. The van der Waals surface area contributed by atoms with Crippen LogP contribution in [0.15, 0.2) is 42.5 Å². The monoisotopic (exact) mass is 311 g/mol. The van der Waals surface area contributed by atoms with Crippen LogP contribution in [0.3, 0.4) is 0 Å². The number of esters is 1. The van der Waals surface area contributed by atoms with Crippen molar-refractivity contribution in [2.75, 3.05) is 19.5 Å². The van der Waals surface area contributed by atoms with Crippen LogP contribution in [-0.2, 0) is 11.3 Å². The first-order valence-electron chi connectivity index (χ1n) is 7.15. The van der Waals surface area contributed by atoms with Crippen LogP contribution in [0.5, 0.6) is 5.75 Å². The minimum Gasteiger partial charge on any atom is -0.496 e. The van der Waals surface area contributed by atoms with Crippen molar-refractivity contribution in [3.63, 3.8) is 0 Å². The van der Waals surface area contributed by atoms with Gasteiger partial charge in [0.2, 0.25) is 5.95 Å². The molecular weight excluding hydrogens is 294 g/mol. The molecule has 0 aliphatic carbocycles. The minimum absolute atomic E-state index is 0.405. The fraction of sp³-hybridized carbons (Fsp3) is 0.176. The van der Waals surface area contributed by atoms with Crippen molar-refractivity contribution < 1.29 is 14.3 Å². The number of H-pyrrole nitrogens is 1. The number of methoxy groups -OCH3 is 2. The van der Waals surface area contributed by atoms with Crippen molar-refractivity contribution >= 4 is 23.0 Å². The van der Waals surface area contributed by atoms with E-state index in [0.29, 0.717) is 23.8 Å². The van der Waals surface area contributed by atoms with Gasteiger partial charge in [0.1, 0.15) is 11.3 Å². The maximum absolute atomic E-state index is 11.7. The van der Waals surface area contributed by atoms with Gasteiger partial charge in [-0.25, -0.2) is 9.78 Å². The summed E-state index contributed by atoms with van der Waals surface area (Å²) in [5, 5.41) is 3.23. The molecule has 2 N–H and O–H groups in total. The van der Waals surface area contributed by atoms with E-state index in [-0.39, 0.29) is 0 Å². The molecule has 0 unspecified atom stereocenters. The molecule has 0 spiro atoms. The highest BCUT2D eigenvalue weighted by Gasteiger charge is 2.13. The lowest BCUT2D eigenvalue weighted by Gasteiger charge is -2.09. The predicted octanol–water partition coefficient (Wildman–Crippen LogP) is 2.97. The number of benzene rings is 2. The molecule has 6 nitrogen and oxygen atoms in total. The summed E-state index contributed by atoms with van der Waals surface area (Å²) >= 11 is 0. The largest absolute Gasteiger partial charge is 0.496 e. The maximum atomic E-state index is 11.7. The third-order valence-electron chi connectivity index (χ3n) is 3.52. The third kappa shape index (κ3) is 3.11. The molecule has 0 aliphatic heterocycles. The van der Waals surface area contributed by atoms with E-state index in [0.717, 1.165) is 16.6 Å². The van der Waals surface area contributed by atoms with Gasteiger partial charge in [0.25, 0.3) is 0 Å². The molecule has 0 atom stereocenters. The molecule has 23 heavy (non-hydrogen) atoms. The number of imidazole rings is 1. The second-order valence-corrected chi connectivity index (χ2v) is 4.98. The summed E-state index contributed by atoms with van der Waals surface area (Å²) in [7, 11) is 2.87. The van der Waals surface area contributed by atoms with Crippen LogP contribution in [-0.4, -0.2) is 30.2 Å². The smallest absolute Gasteiger partial charge is 0.341 e. The lowest BCUT2D eigenvalue weighted by molar-refractivity contribution is 0.0597. The number of rotatable bonds is 5. The normalized spacial score (nSPS) is 10.5. The zero-order valence-electron chi connectivity index (χ0n) is 12.9. The Hall–Kier alpha value is -3.02. The van der Waals surface area contributed by atoms with Gasteiger partial charge in [-0.3, -0.25) is 0 Å². The number of hydrogen-bond donors (Lipinski definition) is 2. The second kappa shape index (κ2) is 6.39. The average Bonchev–Trinajstić information content (AvgIpc) is 3.02. The van der Waals surface area contributed by atoms with Gasteiger partial charge in [0.05, 0.1) is 25.3 Å². The number of aromatic amines is 1. The Morgan fingerprint density at radius 2 is 2.04 bits per heavy atom. The lowest BCUT2D eigenvalue weighted by Crippen LogP contribution is -2.06. The third-order valence-corrected chi connectivity index (χ3v) is 3.52. The van der Waals surface area contributed by atoms with E-state index in [1.165, 1.54) is 14.2 Å². The number of fused-ring (bicyclic) bond motifs is 1. The van der Waals surface area contributed by atoms with E-state index < -0.39 is 5.97 Å². The van der Waals surface area contributed by atoms with Crippen LogP contribution < -0.4 is 10.1 Å². The van der Waals surface area contributed by atoms with E-state index >= 15 is 0 Å². The number of para-hydroxylation sites is 2. The Labute approximate surface area is 133 Å². The van der Waals surface area contributed by atoms with Crippen LogP contribution in [0.1, 0.15) is 15.9 Å². The van der Waals surface area contributed by atoms with Gasteiger partial charge in [-0.05, 0) is 29.8 Å². The first-order valence-corrected chi connectivity index (χ1v) is 7.15. The number of anilines is 1. The van der Waals surface area contributed by atoms with Crippen LogP contribution in [0.4, 0.5) is 5.95 Å². The zero-order chi connectivity index (χ0) is 16.2. The summed E-state index contributed by atoms with van der Waals surface area (Å²) in [6.45, 7) is 0.553. The molecule has 1 aromatic heterocycles. The summed E-state index contributed by atoms with van der Waals surface area (Å²) < 4.78 is 9.99. The second-order valence-electron chi connectivity index (χ2n) is 4.98. The maximum Gasteiger partial charge on any atom is 0.341 e. The molecule has 0 radical (unpaired) electrons. The lowest BCUT2D eigenvalue weighted by atomic mass is 10.1. The van der Waals surface area contributed by atoms with E-state index in [1.54, 1.807) is 6.07 Å². The number of nitrogens with zero attached hydrogens (tertiary/aromatic N) is 1. The minimum atomic E-state index is -0.418. The highest BCUT2D eigenvalue weighted by molar-refractivity contribution is 5.92.